The number of nitrogens with zero attached hydrogens (tertiary/aromatic N) is 3. The number of anilines is 3. The highest BCUT2D eigenvalue weighted by molar-refractivity contribution is 5.60. The van der Waals surface area contributed by atoms with Crippen LogP contribution in [0.1, 0.15) is 32.5 Å². The molecule has 0 atom stereocenters. The summed E-state index contributed by atoms with van der Waals surface area (Å²) >= 11 is 0. The number of hydrogen-bond acceptors (Lipinski definition) is 4. The van der Waals surface area contributed by atoms with Gasteiger partial charge in [0.1, 0.15) is 34.8 Å². The molecule has 1 N–H and O–H groups in total. The van der Waals surface area contributed by atoms with E-state index in [-0.39, 0.29) is 5.69 Å². The molecule has 2 aromatic rings. The Morgan fingerprint density at radius 3 is 2.22 bits per heavy atom. The van der Waals surface area contributed by atoms with E-state index in [4.69, 9.17) is 0 Å². The zero-order chi connectivity index (χ0) is 16.8. The Balaban J connectivity index is 2.33. The fraction of sp³-hybridized carbons (Fsp3) is 0.412. The van der Waals surface area contributed by atoms with E-state index in [1.807, 2.05) is 0 Å². The fourth-order valence-electron chi connectivity index (χ4n) is 2.40. The lowest BCUT2D eigenvalue weighted by molar-refractivity contribution is 0.590. The van der Waals surface area contributed by atoms with Gasteiger partial charge in [-0.1, -0.05) is 19.9 Å². The van der Waals surface area contributed by atoms with Crippen LogP contribution in [0.25, 0.3) is 0 Å². The van der Waals surface area contributed by atoms with Gasteiger partial charge in [0, 0.05) is 19.2 Å². The first-order valence-electron chi connectivity index (χ1n) is 7.86. The van der Waals surface area contributed by atoms with Gasteiger partial charge < -0.3 is 10.2 Å². The number of aryl methyl sites for hydroxylation is 1. The molecule has 0 saturated carbocycles. The molecular formula is C17H22F2N4. The van der Waals surface area contributed by atoms with Gasteiger partial charge in [-0.2, -0.15) is 0 Å². The lowest BCUT2D eigenvalue weighted by Crippen LogP contribution is -2.26. The van der Waals surface area contributed by atoms with Crippen LogP contribution in [-0.2, 0) is 0 Å². The van der Waals surface area contributed by atoms with Crippen molar-refractivity contribution >= 4 is 17.3 Å². The Kier molecular flexibility index (Phi) is 5.84. The third kappa shape index (κ3) is 4.37. The second kappa shape index (κ2) is 7.85. The van der Waals surface area contributed by atoms with Crippen molar-refractivity contribution in [1.29, 1.82) is 0 Å². The highest BCUT2D eigenvalue weighted by Gasteiger charge is 2.13. The third-order valence-corrected chi connectivity index (χ3v) is 3.35. The Hall–Kier alpha value is -2.24. The minimum Gasteiger partial charge on any atom is -0.356 e. The van der Waals surface area contributed by atoms with Crippen LogP contribution >= 0.6 is 0 Å². The summed E-state index contributed by atoms with van der Waals surface area (Å²) in [5.41, 5.74) is -0.200. The number of benzene rings is 1. The average Bonchev–Trinajstić information content (AvgIpc) is 2.50. The van der Waals surface area contributed by atoms with E-state index in [0.29, 0.717) is 11.6 Å². The van der Waals surface area contributed by atoms with Crippen LogP contribution in [0, 0.1) is 18.6 Å². The summed E-state index contributed by atoms with van der Waals surface area (Å²) in [4.78, 5) is 10.8. The molecule has 23 heavy (non-hydrogen) atoms. The van der Waals surface area contributed by atoms with E-state index in [2.05, 4.69) is 34.0 Å². The molecular weight excluding hydrogens is 298 g/mol. The van der Waals surface area contributed by atoms with E-state index in [9.17, 15) is 8.78 Å². The van der Waals surface area contributed by atoms with Gasteiger partial charge in [0.15, 0.2) is 0 Å². The van der Waals surface area contributed by atoms with Gasteiger partial charge in [-0.05, 0) is 31.9 Å². The lowest BCUT2D eigenvalue weighted by Gasteiger charge is -2.23. The highest BCUT2D eigenvalue weighted by Crippen LogP contribution is 2.24. The molecule has 0 unspecified atom stereocenters. The molecule has 0 aliphatic carbocycles. The van der Waals surface area contributed by atoms with E-state index < -0.39 is 11.6 Å². The summed E-state index contributed by atoms with van der Waals surface area (Å²) in [5.74, 6) is 0.400. The van der Waals surface area contributed by atoms with E-state index in [0.717, 1.165) is 31.7 Å². The zero-order valence-corrected chi connectivity index (χ0v) is 13.7. The molecule has 1 aromatic carbocycles. The van der Waals surface area contributed by atoms with Crippen LogP contribution in [0.15, 0.2) is 24.3 Å². The number of rotatable bonds is 7. The second-order valence-electron chi connectivity index (χ2n) is 5.37. The second-order valence-corrected chi connectivity index (χ2v) is 5.37. The predicted molar refractivity (Wildman–Crippen MR) is 89.2 cm³/mol. The molecule has 0 saturated heterocycles. The molecule has 2 rings (SSSR count). The molecule has 124 valence electrons. The Bertz CT molecular complexity index is 635. The van der Waals surface area contributed by atoms with Gasteiger partial charge in [0.2, 0.25) is 0 Å². The van der Waals surface area contributed by atoms with Gasteiger partial charge in [0.05, 0.1) is 0 Å². The van der Waals surface area contributed by atoms with Gasteiger partial charge in [0.25, 0.3) is 0 Å². The third-order valence-electron chi connectivity index (χ3n) is 3.35. The van der Waals surface area contributed by atoms with Gasteiger partial charge in [-0.15, -0.1) is 0 Å². The van der Waals surface area contributed by atoms with Crippen molar-refractivity contribution in [2.24, 2.45) is 0 Å². The molecule has 0 fully saturated rings. The van der Waals surface area contributed by atoms with Crippen molar-refractivity contribution in [2.75, 3.05) is 23.3 Å². The van der Waals surface area contributed by atoms with Crippen LogP contribution in [0.3, 0.4) is 0 Å². The molecule has 0 radical (unpaired) electrons. The van der Waals surface area contributed by atoms with Crippen LogP contribution < -0.4 is 10.2 Å². The molecule has 0 aliphatic heterocycles. The van der Waals surface area contributed by atoms with Gasteiger partial charge in [-0.25, -0.2) is 18.7 Å². The van der Waals surface area contributed by atoms with E-state index in [1.54, 1.807) is 13.0 Å². The Morgan fingerprint density at radius 2 is 1.65 bits per heavy atom. The molecule has 0 bridgehead atoms. The van der Waals surface area contributed by atoms with Crippen molar-refractivity contribution in [3.63, 3.8) is 0 Å². The monoisotopic (exact) mass is 320 g/mol. The van der Waals surface area contributed by atoms with Crippen LogP contribution in [0.4, 0.5) is 26.1 Å². The maximum Gasteiger partial charge on any atom is 0.149 e. The molecule has 0 aliphatic rings. The predicted octanol–water partition coefficient (Wildman–Crippen LogP) is 4.43. The van der Waals surface area contributed by atoms with Crippen LogP contribution in [-0.4, -0.2) is 23.1 Å². The molecule has 0 amide bonds. The van der Waals surface area contributed by atoms with Gasteiger partial charge >= 0.3 is 0 Å². The number of hydrogen-bond donors (Lipinski definition) is 1. The maximum absolute atomic E-state index is 13.8. The first kappa shape index (κ1) is 17.1. The van der Waals surface area contributed by atoms with E-state index in [1.165, 1.54) is 18.2 Å². The summed E-state index contributed by atoms with van der Waals surface area (Å²) in [6.45, 7) is 7.72. The largest absolute Gasteiger partial charge is 0.356 e. The number of aromatic nitrogens is 2. The topological polar surface area (TPSA) is 41.0 Å². The molecule has 6 heteroatoms. The quantitative estimate of drug-likeness (QED) is 0.819. The Morgan fingerprint density at radius 1 is 1.04 bits per heavy atom. The van der Waals surface area contributed by atoms with Crippen molar-refractivity contribution in [2.45, 2.75) is 33.6 Å². The van der Waals surface area contributed by atoms with Crippen molar-refractivity contribution in [3.8, 4) is 0 Å². The van der Waals surface area contributed by atoms with Gasteiger partial charge in [-0.3, -0.25) is 0 Å². The number of para-hydroxylation sites is 1. The fourth-order valence-corrected chi connectivity index (χ4v) is 2.40. The number of nitrogens with one attached hydrogen (secondary N) is 1. The first-order chi connectivity index (χ1) is 11.0. The average molecular weight is 320 g/mol. The summed E-state index contributed by atoms with van der Waals surface area (Å²) in [6.07, 6.45) is 1.99. The molecule has 1 heterocycles. The molecule has 0 spiro atoms. The van der Waals surface area contributed by atoms with Crippen molar-refractivity contribution < 1.29 is 8.78 Å². The summed E-state index contributed by atoms with van der Waals surface area (Å²) in [7, 11) is 0. The first-order valence-corrected chi connectivity index (χ1v) is 7.86. The minimum atomic E-state index is -0.651. The van der Waals surface area contributed by atoms with Crippen LogP contribution in [0.2, 0.25) is 0 Å². The lowest BCUT2D eigenvalue weighted by atomic mass is 10.3. The Labute approximate surface area is 135 Å². The van der Waals surface area contributed by atoms with Crippen molar-refractivity contribution in [3.05, 3.63) is 41.7 Å². The number of halogens is 2. The van der Waals surface area contributed by atoms with Crippen molar-refractivity contribution in [1.82, 2.24) is 9.97 Å². The summed E-state index contributed by atoms with van der Waals surface area (Å²) in [5, 5.41) is 2.73. The SMILES string of the molecule is CCCN(CCC)c1cc(Nc2c(F)cccc2F)nc(C)n1. The normalized spacial score (nSPS) is 10.7. The van der Waals surface area contributed by atoms with E-state index >= 15 is 0 Å². The minimum absolute atomic E-state index is 0.200. The maximum atomic E-state index is 13.8. The highest BCUT2D eigenvalue weighted by atomic mass is 19.1. The zero-order valence-electron chi connectivity index (χ0n) is 13.7. The molecule has 1 aromatic heterocycles. The standard InChI is InChI=1S/C17H22F2N4/c1-4-9-23(10-5-2)16-11-15(20-12(3)21-16)22-17-13(18)7-6-8-14(17)19/h6-8,11H,4-5,9-10H2,1-3H3,(H,20,21,22). The summed E-state index contributed by atoms with van der Waals surface area (Å²) < 4.78 is 27.6. The molecule has 4 nitrogen and oxygen atoms in total. The summed E-state index contributed by atoms with van der Waals surface area (Å²) in [6, 6.07) is 5.47. The van der Waals surface area contributed by atoms with Crippen LogP contribution in [0.5, 0.6) is 0 Å². The smallest absolute Gasteiger partial charge is 0.149 e.